The molecule has 0 heterocycles. The first-order valence-corrected chi connectivity index (χ1v) is 10.1. The van der Waals surface area contributed by atoms with E-state index in [4.69, 9.17) is 17.2 Å². The summed E-state index contributed by atoms with van der Waals surface area (Å²) >= 11 is 3.91. The van der Waals surface area contributed by atoms with Gasteiger partial charge in [0.05, 0.1) is 6.04 Å². The van der Waals surface area contributed by atoms with E-state index < -0.39 is 53.8 Å². The number of unbranched alkanes of at least 4 members (excludes halogenated alkanes) is 1. The van der Waals surface area contributed by atoms with Crippen LogP contribution in [-0.2, 0) is 24.0 Å². The van der Waals surface area contributed by atoms with Gasteiger partial charge < -0.3 is 38.3 Å². The zero-order valence-electron chi connectivity index (χ0n) is 16.9. The highest BCUT2D eigenvalue weighted by molar-refractivity contribution is 7.80. The number of carbonyl (C=O) groups excluding carboxylic acids is 4. The Labute approximate surface area is 180 Å². The van der Waals surface area contributed by atoms with Crippen LogP contribution < -0.4 is 33.2 Å². The molecule has 30 heavy (non-hydrogen) atoms. The Hall–Kier alpha value is -2.38. The van der Waals surface area contributed by atoms with Crippen molar-refractivity contribution in [2.24, 2.45) is 17.2 Å². The molecular weight excluding hydrogens is 416 g/mol. The van der Waals surface area contributed by atoms with Crippen LogP contribution in [0.2, 0.25) is 0 Å². The van der Waals surface area contributed by atoms with Crippen molar-refractivity contribution < 1.29 is 29.1 Å². The maximum Gasteiger partial charge on any atom is 0.326 e. The highest BCUT2D eigenvalue weighted by atomic mass is 32.1. The molecule has 172 valence electrons. The average Bonchev–Trinajstić information content (AvgIpc) is 2.68. The van der Waals surface area contributed by atoms with Gasteiger partial charge in [-0.05, 0) is 39.2 Å². The smallest absolute Gasteiger partial charge is 0.326 e. The quantitative estimate of drug-likeness (QED) is 0.0963. The minimum atomic E-state index is -1.20. The van der Waals surface area contributed by atoms with E-state index in [2.05, 4.69) is 28.6 Å². The van der Waals surface area contributed by atoms with E-state index in [0.29, 0.717) is 19.4 Å². The van der Waals surface area contributed by atoms with Crippen molar-refractivity contribution in [1.82, 2.24) is 16.0 Å². The molecule has 0 aliphatic heterocycles. The Bertz CT molecular complexity index is 620. The maximum absolute atomic E-state index is 12.5. The van der Waals surface area contributed by atoms with Gasteiger partial charge in [0, 0.05) is 12.2 Å². The van der Waals surface area contributed by atoms with E-state index in [9.17, 15) is 29.1 Å². The van der Waals surface area contributed by atoms with E-state index in [0.717, 1.165) is 0 Å². The molecule has 0 fully saturated rings. The van der Waals surface area contributed by atoms with Crippen LogP contribution in [0.15, 0.2) is 0 Å². The summed E-state index contributed by atoms with van der Waals surface area (Å²) in [6, 6.07) is -4.35. The van der Waals surface area contributed by atoms with Gasteiger partial charge in [0.2, 0.25) is 23.6 Å². The van der Waals surface area contributed by atoms with Crippen LogP contribution in [-0.4, -0.2) is 71.2 Å². The normalized spacial score (nSPS) is 14.7. The van der Waals surface area contributed by atoms with Crippen LogP contribution in [0.1, 0.15) is 39.0 Å². The van der Waals surface area contributed by atoms with Gasteiger partial charge in [0.1, 0.15) is 18.1 Å². The van der Waals surface area contributed by atoms with Crippen molar-refractivity contribution in [1.29, 1.82) is 0 Å². The lowest BCUT2D eigenvalue weighted by molar-refractivity contribution is -0.142. The van der Waals surface area contributed by atoms with Crippen LogP contribution in [0.4, 0.5) is 0 Å². The lowest BCUT2D eigenvalue weighted by Crippen LogP contribution is -2.56. The van der Waals surface area contributed by atoms with Crippen molar-refractivity contribution in [3.8, 4) is 0 Å². The number of nitrogens with two attached hydrogens (primary N) is 3. The Balaban J connectivity index is 4.99. The molecule has 13 heteroatoms. The monoisotopic (exact) mass is 448 g/mol. The summed E-state index contributed by atoms with van der Waals surface area (Å²) in [5.41, 5.74) is 16.0. The molecule has 4 unspecified atom stereocenters. The zero-order valence-corrected chi connectivity index (χ0v) is 17.8. The minimum absolute atomic E-state index is 0.0372. The minimum Gasteiger partial charge on any atom is -0.480 e. The van der Waals surface area contributed by atoms with E-state index in [-0.39, 0.29) is 25.0 Å². The first kappa shape index (κ1) is 27.6. The highest BCUT2D eigenvalue weighted by Crippen LogP contribution is 2.03. The lowest BCUT2D eigenvalue weighted by Gasteiger charge is -2.23. The molecule has 0 aliphatic carbocycles. The van der Waals surface area contributed by atoms with Crippen molar-refractivity contribution >= 4 is 42.2 Å². The topological polar surface area (TPSA) is 220 Å². The number of aliphatic carboxylic acids is 1. The van der Waals surface area contributed by atoms with Crippen LogP contribution in [0.5, 0.6) is 0 Å². The van der Waals surface area contributed by atoms with Gasteiger partial charge in [-0.15, -0.1) is 0 Å². The molecule has 0 bridgehead atoms. The summed E-state index contributed by atoms with van der Waals surface area (Å²) in [6.45, 7) is 1.76. The Kier molecular flexibility index (Phi) is 13.4. The number of rotatable bonds is 15. The number of primary amides is 1. The Morgan fingerprint density at radius 1 is 0.933 bits per heavy atom. The molecule has 0 aliphatic rings. The first-order valence-electron chi connectivity index (χ1n) is 9.52. The van der Waals surface area contributed by atoms with Crippen molar-refractivity contribution in [2.75, 3.05) is 12.3 Å². The molecule has 4 amide bonds. The summed E-state index contributed by atoms with van der Waals surface area (Å²) in [4.78, 5) is 59.1. The largest absolute Gasteiger partial charge is 0.480 e. The Morgan fingerprint density at radius 2 is 1.53 bits per heavy atom. The molecule has 0 aromatic carbocycles. The molecule has 0 radical (unpaired) electrons. The third-order valence-electron chi connectivity index (χ3n) is 4.16. The molecule has 12 nitrogen and oxygen atoms in total. The first-order chi connectivity index (χ1) is 14.0. The summed E-state index contributed by atoms with van der Waals surface area (Å²) in [5.74, 6) is -3.95. The zero-order chi connectivity index (χ0) is 23.3. The number of thiol groups is 1. The molecule has 0 rings (SSSR count). The van der Waals surface area contributed by atoms with E-state index in [1.165, 1.54) is 6.92 Å². The second-order valence-corrected chi connectivity index (χ2v) is 7.13. The van der Waals surface area contributed by atoms with E-state index in [1.54, 1.807) is 0 Å². The van der Waals surface area contributed by atoms with Crippen LogP contribution in [0, 0.1) is 0 Å². The number of hydrogen-bond donors (Lipinski definition) is 8. The predicted molar refractivity (Wildman–Crippen MR) is 112 cm³/mol. The van der Waals surface area contributed by atoms with Crippen LogP contribution in [0.25, 0.3) is 0 Å². The molecule has 0 aromatic heterocycles. The standard InChI is InChI=1S/C17H32N6O6S/c1-9(14(25)23-12(17(28)29)4-2-3-7-18)21-16(27)11(5-6-13(20)24)22-15(26)10(19)8-30/h9-12,30H,2-8,18-19H2,1H3,(H2,20,24)(H,21,27)(H,22,26)(H,23,25)(H,28,29). The van der Waals surface area contributed by atoms with Gasteiger partial charge in [-0.3, -0.25) is 19.2 Å². The fraction of sp³-hybridized carbons (Fsp3) is 0.706. The van der Waals surface area contributed by atoms with Crippen molar-refractivity contribution in [3.05, 3.63) is 0 Å². The van der Waals surface area contributed by atoms with Gasteiger partial charge in [0.15, 0.2) is 0 Å². The number of amides is 4. The fourth-order valence-corrected chi connectivity index (χ4v) is 2.51. The van der Waals surface area contributed by atoms with Crippen LogP contribution in [0.3, 0.4) is 0 Å². The second kappa shape index (κ2) is 14.6. The van der Waals surface area contributed by atoms with Gasteiger partial charge >= 0.3 is 5.97 Å². The van der Waals surface area contributed by atoms with Gasteiger partial charge in [0.25, 0.3) is 0 Å². The average molecular weight is 449 g/mol. The number of hydrogen-bond acceptors (Lipinski definition) is 8. The van der Waals surface area contributed by atoms with Gasteiger partial charge in [-0.2, -0.15) is 12.6 Å². The fourth-order valence-electron chi connectivity index (χ4n) is 2.34. The Morgan fingerprint density at radius 3 is 2.03 bits per heavy atom. The molecular formula is C17H32N6O6S. The van der Waals surface area contributed by atoms with E-state index >= 15 is 0 Å². The van der Waals surface area contributed by atoms with Crippen molar-refractivity contribution in [3.63, 3.8) is 0 Å². The summed E-state index contributed by atoms with van der Waals surface area (Å²) in [6.07, 6.45) is 1.04. The molecule has 0 aromatic rings. The number of nitrogens with one attached hydrogen (secondary N) is 3. The molecule has 0 saturated carbocycles. The SMILES string of the molecule is CC(NC(=O)C(CCC(N)=O)NC(=O)C(N)CS)C(=O)NC(CCCCN)C(=O)O. The number of carbonyl (C=O) groups is 5. The van der Waals surface area contributed by atoms with Gasteiger partial charge in [-0.1, -0.05) is 0 Å². The van der Waals surface area contributed by atoms with Crippen molar-refractivity contribution in [2.45, 2.75) is 63.2 Å². The van der Waals surface area contributed by atoms with Gasteiger partial charge in [-0.25, -0.2) is 4.79 Å². The third-order valence-corrected chi connectivity index (χ3v) is 4.55. The number of carboxylic acids is 1. The van der Waals surface area contributed by atoms with Crippen LogP contribution >= 0.6 is 12.6 Å². The highest BCUT2D eigenvalue weighted by Gasteiger charge is 2.28. The summed E-state index contributed by atoms with van der Waals surface area (Å²) in [7, 11) is 0. The second-order valence-electron chi connectivity index (χ2n) is 6.77. The molecule has 4 atom stereocenters. The molecule has 0 spiro atoms. The number of carboxylic acid groups (broad SMARTS) is 1. The predicted octanol–water partition coefficient (Wildman–Crippen LogP) is -2.80. The summed E-state index contributed by atoms with van der Waals surface area (Å²) in [5, 5.41) is 16.4. The summed E-state index contributed by atoms with van der Waals surface area (Å²) < 4.78 is 0. The maximum atomic E-state index is 12.5. The van der Waals surface area contributed by atoms with E-state index in [1.807, 2.05) is 0 Å². The lowest BCUT2D eigenvalue weighted by atomic mass is 10.1. The third kappa shape index (κ3) is 11.0. The molecule has 10 N–H and O–H groups in total. The molecule has 0 saturated heterocycles.